The molecular formula is C34H44O19. The molecule has 3 aliphatic heterocycles. The maximum Gasteiger partial charge on any atom is 0.330 e. The van der Waals surface area contributed by atoms with Gasteiger partial charge in [0.2, 0.25) is 0 Å². The molecule has 0 aliphatic carbocycles. The third-order valence-electron chi connectivity index (χ3n) is 9.10. The summed E-state index contributed by atoms with van der Waals surface area (Å²) in [6.45, 7) is -0.723. The van der Waals surface area contributed by atoms with Gasteiger partial charge in [-0.1, -0.05) is 12.1 Å². The molecule has 294 valence electrons. The second-order valence-corrected chi connectivity index (χ2v) is 13.0. The number of hydrogen-bond donors (Lipinski definition) is 11. The smallest absolute Gasteiger partial charge is 0.330 e. The van der Waals surface area contributed by atoms with Gasteiger partial charge in [0.15, 0.2) is 41.9 Å². The summed E-state index contributed by atoms with van der Waals surface area (Å²) < 4.78 is 39.1. The number of carbonyl (C=O) groups excluding carboxylic acids is 1. The van der Waals surface area contributed by atoms with Crippen LogP contribution in [0.1, 0.15) is 18.1 Å². The molecule has 19 nitrogen and oxygen atoms in total. The van der Waals surface area contributed by atoms with Crippen LogP contribution >= 0.6 is 0 Å². The number of phenols is 4. The lowest BCUT2D eigenvalue weighted by molar-refractivity contribution is -0.366. The van der Waals surface area contributed by atoms with E-state index in [2.05, 4.69) is 0 Å². The van der Waals surface area contributed by atoms with E-state index in [1.54, 1.807) is 0 Å². The third kappa shape index (κ3) is 9.35. The van der Waals surface area contributed by atoms with Gasteiger partial charge in [-0.15, -0.1) is 0 Å². The van der Waals surface area contributed by atoms with E-state index in [-0.39, 0.29) is 30.3 Å². The number of carbonyl (C=O) groups is 1. The second kappa shape index (κ2) is 17.2. The Balaban J connectivity index is 1.29. The fourth-order valence-corrected chi connectivity index (χ4v) is 5.87. The van der Waals surface area contributed by atoms with Crippen LogP contribution in [0.15, 0.2) is 42.5 Å². The van der Waals surface area contributed by atoms with Crippen LogP contribution in [0.4, 0.5) is 0 Å². The van der Waals surface area contributed by atoms with E-state index < -0.39 is 111 Å². The molecule has 0 spiro atoms. The zero-order chi connectivity index (χ0) is 38.6. The highest BCUT2D eigenvalue weighted by atomic mass is 16.8. The predicted molar refractivity (Wildman–Crippen MR) is 174 cm³/mol. The van der Waals surface area contributed by atoms with Crippen LogP contribution in [0.3, 0.4) is 0 Å². The number of benzene rings is 2. The van der Waals surface area contributed by atoms with Gasteiger partial charge >= 0.3 is 5.97 Å². The quantitative estimate of drug-likeness (QED) is 0.0569. The average molecular weight is 757 g/mol. The minimum atomic E-state index is -2.07. The number of rotatable bonds is 13. The topological polar surface area (TPSA) is 304 Å². The molecular weight excluding hydrogens is 712 g/mol. The summed E-state index contributed by atoms with van der Waals surface area (Å²) in [6.07, 6.45) is -16.8. The molecule has 53 heavy (non-hydrogen) atoms. The first-order valence-corrected chi connectivity index (χ1v) is 16.6. The Bertz CT molecular complexity index is 1570. The van der Waals surface area contributed by atoms with Crippen LogP contribution < -0.4 is 0 Å². The van der Waals surface area contributed by atoms with Crippen LogP contribution in [0.2, 0.25) is 0 Å². The third-order valence-corrected chi connectivity index (χ3v) is 9.10. The van der Waals surface area contributed by atoms with Gasteiger partial charge in [-0.05, 0) is 54.8 Å². The van der Waals surface area contributed by atoms with Crippen molar-refractivity contribution >= 4 is 12.0 Å². The Hall–Kier alpha value is -3.67. The summed E-state index contributed by atoms with van der Waals surface area (Å²) in [5.41, 5.74) is -1.17. The Kier molecular flexibility index (Phi) is 13.2. The molecule has 2 aromatic rings. The fourth-order valence-electron chi connectivity index (χ4n) is 5.87. The van der Waals surface area contributed by atoms with Crippen LogP contribution in [0, 0.1) is 0 Å². The van der Waals surface area contributed by atoms with Gasteiger partial charge in [-0.2, -0.15) is 0 Å². The van der Waals surface area contributed by atoms with Crippen LogP contribution in [0.5, 0.6) is 23.0 Å². The second-order valence-electron chi connectivity index (χ2n) is 13.0. The van der Waals surface area contributed by atoms with Gasteiger partial charge in [0.1, 0.15) is 61.0 Å². The van der Waals surface area contributed by atoms with Crippen molar-refractivity contribution in [3.05, 3.63) is 53.6 Å². The summed E-state index contributed by atoms with van der Waals surface area (Å²) >= 11 is 0. The zero-order valence-corrected chi connectivity index (χ0v) is 28.3. The lowest BCUT2D eigenvalue weighted by atomic mass is 9.96. The van der Waals surface area contributed by atoms with Crippen molar-refractivity contribution in [2.24, 2.45) is 0 Å². The molecule has 0 aromatic heterocycles. The van der Waals surface area contributed by atoms with E-state index in [0.29, 0.717) is 11.1 Å². The molecule has 0 saturated carbocycles. The lowest BCUT2D eigenvalue weighted by Gasteiger charge is -2.46. The van der Waals surface area contributed by atoms with E-state index >= 15 is 0 Å². The number of hydrogen-bond acceptors (Lipinski definition) is 19. The van der Waals surface area contributed by atoms with Gasteiger partial charge < -0.3 is 89.3 Å². The molecule has 0 amide bonds. The van der Waals surface area contributed by atoms with E-state index in [1.165, 1.54) is 49.4 Å². The van der Waals surface area contributed by atoms with Gasteiger partial charge in [0.25, 0.3) is 0 Å². The first kappa shape index (κ1) is 40.5. The van der Waals surface area contributed by atoms with Crippen molar-refractivity contribution in [2.75, 3.05) is 26.4 Å². The van der Waals surface area contributed by atoms with Gasteiger partial charge in [0.05, 0.1) is 25.9 Å². The molecule has 3 aliphatic rings. The Labute approximate surface area is 302 Å². The van der Waals surface area contributed by atoms with E-state index in [9.17, 15) is 61.0 Å². The molecule has 0 unspecified atom stereocenters. The summed E-state index contributed by atoms with van der Waals surface area (Å²) in [5, 5.41) is 113. The number of aliphatic hydroxyl groups is 7. The first-order chi connectivity index (χ1) is 25.1. The number of aliphatic hydroxyl groups excluding tert-OH is 6. The zero-order valence-electron chi connectivity index (χ0n) is 28.3. The standard InChI is InChI=1S/C34H44O19/c1-15-24(41)28(53-33-30(45)34(46,13-35)14-49-33)27(44)32(50-15)52-29-25(42)22(12-48-23(40)7-4-16-2-5-18(36)20(38)10-16)51-31(26(29)43)47-9-8-17-3-6-19(37)21(39)11-17/h2-7,10-11,15,22,24-33,35-39,41-46H,8-9,12-14H2,1H3/t15-,22-,24+,25-,26-,27-,28-,29-,30+,31-,32+,33-,34-/m1/s1. The Morgan fingerprint density at radius 3 is 2.13 bits per heavy atom. The summed E-state index contributed by atoms with van der Waals surface area (Å²) in [7, 11) is 0. The maximum atomic E-state index is 12.6. The number of aromatic hydroxyl groups is 4. The molecule has 19 heteroatoms. The normalized spacial score (nSPS) is 36.2. The Morgan fingerprint density at radius 1 is 0.830 bits per heavy atom. The first-order valence-electron chi connectivity index (χ1n) is 16.6. The average Bonchev–Trinajstić information content (AvgIpc) is 3.42. The van der Waals surface area contributed by atoms with E-state index in [1.807, 2.05) is 0 Å². The number of ether oxygens (including phenoxy) is 7. The molecule has 3 saturated heterocycles. The van der Waals surface area contributed by atoms with Gasteiger partial charge in [-0.25, -0.2) is 4.79 Å². The number of phenolic OH excluding ortho intramolecular Hbond substituents is 4. The van der Waals surface area contributed by atoms with Crippen LogP contribution in [-0.2, 0) is 44.4 Å². The molecule has 5 rings (SSSR count). The molecule has 0 bridgehead atoms. The van der Waals surface area contributed by atoms with Crippen molar-refractivity contribution < 1.29 is 94.1 Å². The van der Waals surface area contributed by atoms with Crippen molar-refractivity contribution in [1.29, 1.82) is 0 Å². The monoisotopic (exact) mass is 756 g/mol. The number of esters is 1. The lowest BCUT2D eigenvalue weighted by Crippen LogP contribution is -2.65. The van der Waals surface area contributed by atoms with Crippen molar-refractivity contribution in [3.8, 4) is 23.0 Å². The van der Waals surface area contributed by atoms with E-state index in [0.717, 1.165) is 6.08 Å². The van der Waals surface area contributed by atoms with Crippen molar-refractivity contribution in [1.82, 2.24) is 0 Å². The predicted octanol–water partition coefficient (Wildman–Crippen LogP) is -2.55. The summed E-state index contributed by atoms with van der Waals surface area (Å²) in [6, 6.07) is 7.94. The molecule has 3 heterocycles. The SMILES string of the molecule is C[C@H]1O[C@@H](O[C@H]2[C@@H](O)[C@H](OCCc3ccc(O)c(O)c3)O[C@H](COC(=O)C=Cc3ccc(O)c(O)c3)[C@H]2O)[C@H](O)[C@H](O[C@H]2OC[C@](O)(CO)[C@H]2O)[C@H]1O. The van der Waals surface area contributed by atoms with Gasteiger partial charge in [-0.3, -0.25) is 0 Å². The van der Waals surface area contributed by atoms with Crippen molar-refractivity contribution in [3.63, 3.8) is 0 Å². The highest BCUT2D eigenvalue weighted by Crippen LogP contribution is 2.34. The minimum Gasteiger partial charge on any atom is -0.504 e. The van der Waals surface area contributed by atoms with Crippen LogP contribution in [-0.4, -0.2) is 168 Å². The molecule has 2 aromatic carbocycles. The molecule has 0 radical (unpaired) electrons. The minimum absolute atomic E-state index is 0.130. The van der Waals surface area contributed by atoms with Gasteiger partial charge in [0, 0.05) is 6.08 Å². The summed E-state index contributed by atoms with van der Waals surface area (Å²) in [5.74, 6) is -2.37. The van der Waals surface area contributed by atoms with E-state index in [4.69, 9.17) is 33.2 Å². The van der Waals surface area contributed by atoms with Crippen LogP contribution in [0.25, 0.3) is 6.08 Å². The van der Waals surface area contributed by atoms with Crippen molar-refractivity contribution in [2.45, 2.75) is 92.8 Å². The largest absolute Gasteiger partial charge is 0.504 e. The summed E-state index contributed by atoms with van der Waals surface area (Å²) in [4.78, 5) is 12.6. The molecule has 13 atom stereocenters. The maximum absolute atomic E-state index is 12.6. The highest BCUT2D eigenvalue weighted by Gasteiger charge is 2.54. The molecule has 11 N–H and O–H groups in total. The molecule has 3 fully saturated rings. The highest BCUT2D eigenvalue weighted by molar-refractivity contribution is 5.87. The Morgan fingerprint density at radius 2 is 1.47 bits per heavy atom. The fraction of sp³-hybridized carbons (Fsp3) is 0.559.